The van der Waals surface area contributed by atoms with E-state index in [1.807, 2.05) is 50.4 Å². The van der Waals surface area contributed by atoms with Gasteiger partial charge in [-0.2, -0.15) is 0 Å². The van der Waals surface area contributed by atoms with E-state index in [1.165, 1.54) is 16.2 Å². The van der Waals surface area contributed by atoms with E-state index in [2.05, 4.69) is 17.2 Å². The van der Waals surface area contributed by atoms with Crippen molar-refractivity contribution in [1.82, 2.24) is 9.88 Å². The lowest BCUT2D eigenvalue weighted by molar-refractivity contribution is -0.168. The van der Waals surface area contributed by atoms with Crippen LogP contribution < -0.4 is 10.1 Å². The second-order valence-electron chi connectivity index (χ2n) is 10.0. The van der Waals surface area contributed by atoms with Crippen LogP contribution in [0.4, 0.5) is 5.13 Å². The Kier molecular flexibility index (Phi) is 6.80. The standard InChI is InChI=1S/C26H33N3O4S/c1-5-15-33-18-10-8-17(9-11-18)20-16-34-24(27-20)28-21(30)7-6-14-29-22(31)19-12-13-26(4,23(29)32)25(19,2)3/h8-11,16,19H,5-7,12-15H2,1-4H3,(H,27,28,30). The zero-order valence-corrected chi connectivity index (χ0v) is 21.2. The summed E-state index contributed by atoms with van der Waals surface area (Å²) in [5.41, 5.74) is 0.915. The number of carbonyl (C=O) groups excluding carboxylic acids is 3. The molecule has 2 atom stereocenters. The molecule has 34 heavy (non-hydrogen) atoms. The lowest BCUT2D eigenvalue weighted by Crippen LogP contribution is -2.59. The van der Waals surface area contributed by atoms with Crippen molar-refractivity contribution in [1.29, 1.82) is 0 Å². The summed E-state index contributed by atoms with van der Waals surface area (Å²) in [4.78, 5) is 44.4. The highest BCUT2D eigenvalue weighted by Gasteiger charge is 2.64. The number of anilines is 1. The first-order valence-corrected chi connectivity index (χ1v) is 12.9. The van der Waals surface area contributed by atoms with Gasteiger partial charge in [0.1, 0.15) is 5.75 Å². The molecular formula is C26H33N3O4S. The summed E-state index contributed by atoms with van der Waals surface area (Å²) >= 11 is 1.37. The third kappa shape index (κ3) is 4.35. The van der Waals surface area contributed by atoms with Crippen LogP contribution in [0.15, 0.2) is 29.6 Å². The SMILES string of the molecule is CCCOc1ccc(-c2csc(NC(=O)CCCN3C(=O)C4CCC(C)(C3=O)C4(C)C)n2)cc1. The number of nitrogens with one attached hydrogen (secondary N) is 1. The highest BCUT2D eigenvalue weighted by Crippen LogP contribution is 2.60. The molecule has 1 aromatic heterocycles. The Balaban J connectivity index is 1.29. The summed E-state index contributed by atoms with van der Waals surface area (Å²) < 4.78 is 5.61. The molecule has 2 aliphatic rings. The number of hydrogen-bond acceptors (Lipinski definition) is 6. The molecule has 0 spiro atoms. The van der Waals surface area contributed by atoms with Crippen LogP contribution in [0.25, 0.3) is 11.3 Å². The first-order valence-electron chi connectivity index (χ1n) is 12.0. The molecule has 1 aromatic carbocycles. The number of rotatable bonds is 9. The van der Waals surface area contributed by atoms with Crippen molar-refractivity contribution in [2.24, 2.45) is 16.7 Å². The number of piperidine rings is 1. The Morgan fingerprint density at radius 1 is 1.24 bits per heavy atom. The van der Waals surface area contributed by atoms with Crippen LogP contribution in [0.5, 0.6) is 5.75 Å². The smallest absolute Gasteiger partial charge is 0.235 e. The molecule has 2 fully saturated rings. The largest absolute Gasteiger partial charge is 0.494 e. The van der Waals surface area contributed by atoms with Crippen LogP contribution in [0.1, 0.15) is 59.8 Å². The van der Waals surface area contributed by atoms with Gasteiger partial charge in [0.2, 0.25) is 17.7 Å². The number of thiazole rings is 1. The molecule has 8 heteroatoms. The average molecular weight is 484 g/mol. The fourth-order valence-corrected chi connectivity index (χ4v) is 5.83. The van der Waals surface area contributed by atoms with E-state index in [0.29, 0.717) is 18.2 Å². The minimum Gasteiger partial charge on any atom is -0.494 e. The monoisotopic (exact) mass is 483 g/mol. The van der Waals surface area contributed by atoms with Gasteiger partial charge in [-0.25, -0.2) is 4.98 Å². The average Bonchev–Trinajstić information content (AvgIpc) is 3.34. The minimum absolute atomic E-state index is 0.0824. The van der Waals surface area contributed by atoms with Gasteiger partial charge in [-0.15, -0.1) is 11.3 Å². The summed E-state index contributed by atoms with van der Waals surface area (Å²) in [6.45, 7) is 9.07. The van der Waals surface area contributed by atoms with E-state index in [4.69, 9.17) is 4.74 Å². The third-order valence-corrected chi connectivity index (χ3v) is 8.42. The number of fused-ring (bicyclic) bond motifs is 2. The summed E-state index contributed by atoms with van der Waals surface area (Å²) in [5, 5.41) is 5.27. The molecule has 4 rings (SSSR count). The van der Waals surface area contributed by atoms with Crippen molar-refractivity contribution in [2.45, 2.75) is 59.8 Å². The number of ether oxygens (including phenoxy) is 1. The highest BCUT2D eigenvalue weighted by molar-refractivity contribution is 7.14. The molecule has 0 radical (unpaired) electrons. The van der Waals surface area contributed by atoms with Crippen LogP contribution in [0.2, 0.25) is 0 Å². The van der Waals surface area contributed by atoms with Crippen LogP contribution >= 0.6 is 11.3 Å². The molecular weight excluding hydrogens is 450 g/mol. The van der Waals surface area contributed by atoms with E-state index in [1.54, 1.807) is 0 Å². The summed E-state index contributed by atoms with van der Waals surface area (Å²) in [5.74, 6) is 0.361. The number of amides is 3. The van der Waals surface area contributed by atoms with Crippen molar-refractivity contribution in [3.05, 3.63) is 29.6 Å². The van der Waals surface area contributed by atoms with E-state index >= 15 is 0 Å². The Hall–Kier alpha value is -2.74. The molecule has 2 heterocycles. The molecule has 1 aliphatic heterocycles. The number of nitrogens with zero attached hydrogens (tertiary/aromatic N) is 2. The first-order chi connectivity index (χ1) is 16.2. The van der Waals surface area contributed by atoms with E-state index in [-0.39, 0.29) is 42.0 Å². The maximum absolute atomic E-state index is 13.1. The van der Waals surface area contributed by atoms with Gasteiger partial charge >= 0.3 is 0 Å². The first kappa shape index (κ1) is 24.4. The predicted octanol–water partition coefficient (Wildman–Crippen LogP) is 5.13. The molecule has 1 aliphatic carbocycles. The molecule has 2 aromatic rings. The van der Waals surface area contributed by atoms with E-state index < -0.39 is 5.41 Å². The number of hydrogen-bond donors (Lipinski definition) is 1. The normalized spacial score (nSPS) is 23.3. The fourth-order valence-electron chi connectivity index (χ4n) is 5.10. The lowest BCUT2D eigenvalue weighted by atomic mass is 9.62. The van der Waals surface area contributed by atoms with Crippen molar-refractivity contribution in [3.63, 3.8) is 0 Å². The van der Waals surface area contributed by atoms with Crippen LogP contribution in [-0.4, -0.2) is 40.8 Å². The van der Waals surface area contributed by atoms with Crippen molar-refractivity contribution < 1.29 is 19.1 Å². The van der Waals surface area contributed by atoms with E-state index in [0.717, 1.165) is 36.3 Å². The van der Waals surface area contributed by atoms with Gasteiger partial charge in [0, 0.05) is 29.8 Å². The summed E-state index contributed by atoms with van der Waals surface area (Å²) in [6, 6.07) is 7.74. The second-order valence-corrected chi connectivity index (χ2v) is 10.9. The van der Waals surface area contributed by atoms with Gasteiger partial charge < -0.3 is 10.1 Å². The van der Waals surface area contributed by atoms with Crippen LogP contribution in [0.3, 0.4) is 0 Å². The molecule has 3 amide bonds. The van der Waals surface area contributed by atoms with Gasteiger partial charge in [-0.1, -0.05) is 27.7 Å². The number of likely N-dealkylation sites (tertiary alicyclic amines) is 1. The molecule has 7 nitrogen and oxygen atoms in total. The fraction of sp³-hybridized carbons (Fsp3) is 0.538. The predicted molar refractivity (Wildman–Crippen MR) is 133 cm³/mol. The third-order valence-electron chi connectivity index (χ3n) is 7.67. The zero-order valence-electron chi connectivity index (χ0n) is 20.3. The van der Waals surface area contributed by atoms with Crippen molar-refractivity contribution in [2.75, 3.05) is 18.5 Å². The minimum atomic E-state index is -0.508. The van der Waals surface area contributed by atoms with Crippen molar-refractivity contribution >= 4 is 34.2 Å². The Morgan fingerprint density at radius 3 is 2.68 bits per heavy atom. The summed E-state index contributed by atoms with van der Waals surface area (Å²) in [7, 11) is 0. The van der Waals surface area contributed by atoms with Crippen LogP contribution in [-0.2, 0) is 14.4 Å². The number of benzene rings is 1. The quantitative estimate of drug-likeness (QED) is 0.500. The zero-order chi connectivity index (χ0) is 24.5. The molecule has 2 unspecified atom stereocenters. The Morgan fingerprint density at radius 2 is 1.97 bits per heavy atom. The molecule has 2 bridgehead atoms. The van der Waals surface area contributed by atoms with Gasteiger partial charge in [0.05, 0.1) is 17.7 Å². The van der Waals surface area contributed by atoms with E-state index in [9.17, 15) is 14.4 Å². The highest BCUT2D eigenvalue weighted by atomic mass is 32.1. The molecule has 182 valence electrons. The number of imide groups is 1. The Bertz CT molecular complexity index is 1080. The maximum atomic E-state index is 13.1. The topological polar surface area (TPSA) is 88.6 Å². The number of aromatic nitrogens is 1. The maximum Gasteiger partial charge on any atom is 0.235 e. The summed E-state index contributed by atoms with van der Waals surface area (Å²) in [6.07, 6.45) is 3.11. The van der Waals surface area contributed by atoms with Gasteiger partial charge in [-0.3, -0.25) is 19.3 Å². The van der Waals surface area contributed by atoms with Gasteiger partial charge in [0.25, 0.3) is 0 Å². The van der Waals surface area contributed by atoms with Crippen LogP contribution in [0, 0.1) is 16.7 Å². The molecule has 1 saturated carbocycles. The molecule has 1 N–H and O–H groups in total. The lowest BCUT2D eigenvalue weighted by Gasteiger charge is -2.47. The number of carbonyl (C=O) groups is 3. The Labute approximate surface area is 204 Å². The van der Waals surface area contributed by atoms with Gasteiger partial charge in [-0.05, 0) is 55.4 Å². The van der Waals surface area contributed by atoms with Crippen molar-refractivity contribution in [3.8, 4) is 17.0 Å². The second kappa shape index (κ2) is 9.49. The molecule has 1 saturated heterocycles. The van der Waals surface area contributed by atoms with Gasteiger partial charge in [0.15, 0.2) is 5.13 Å².